The predicted molar refractivity (Wildman–Crippen MR) is 203 cm³/mol. The second-order valence-corrected chi connectivity index (χ2v) is 20.6. The van der Waals surface area contributed by atoms with E-state index in [2.05, 4.69) is 27.8 Å². The van der Waals surface area contributed by atoms with E-state index in [1.807, 2.05) is 51.1 Å². The van der Waals surface area contributed by atoms with Gasteiger partial charge in [0.1, 0.15) is 12.1 Å². The molecule has 292 valence electrons. The van der Waals surface area contributed by atoms with Gasteiger partial charge in [-0.15, -0.1) is 6.58 Å². The number of Topliss-reactive ketones (excluding diaryl/α,β-unsaturated/α-hetero) is 1. The molecule has 1 heterocycles. The molecule has 4 aliphatic rings. The summed E-state index contributed by atoms with van der Waals surface area (Å²) in [5.74, 6) is -2.61. The van der Waals surface area contributed by atoms with E-state index in [-0.39, 0.29) is 42.5 Å². The number of hydrogen-bond donors (Lipinski definition) is 4. The Bertz CT molecular complexity index is 1670. The Morgan fingerprint density at radius 2 is 1.60 bits per heavy atom. The van der Waals surface area contributed by atoms with E-state index >= 15 is 0 Å². The first kappa shape index (κ1) is 40.4. The SMILES string of the molecule is C=CCNC(=O)C(=O)C(CC1CC1)NC(=O)[C@@H]1C2C(CN1C(=O)[C@@H](NC(=O)NC1(CS(=O)(=O)C(C)(C)C)CCCCC1)C(C)(C)C)C2c1ccccc1. The number of carbonyl (C=O) groups excluding carboxylic acids is 5. The zero-order valence-corrected chi connectivity index (χ0v) is 33.0. The highest BCUT2D eigenvalue weighted by Crippen LogP contribution is 2.61. The van der Waals surface area contributed by atoms with Gasteiger partial charge >= 0.3 is 6.03 Å². The number of nitrogens with one attached hydrogen (secondary N) is 4. The topological polar surface area (TPSA) is 171 Å². The number of benzene rings is 1. The van der Waals surface area contributed by atoms with Gasteiger partial charge in [0.05, 0.1) is 22.1 Å². The standard InChI is InChI=1S/C40H59N5O7S/c1-8-21-41-35(48)32(46)28(22-25-17-18-25)42-34(47)31-30-27(29(30)26-15-11-9-12-16-26)23-45(31)36(49)33(38(2,3)4)43-37(50)44-40(19-13-10-14-20-40)24-53(51,52)39(5,6)7/h8-9,11-12,15-16,25,27-31,33H,1,10,13-14,17-24H2,2-7H3,(H,41,48)(H,42,47)(H2,43,44,50)/t27?,28?,29?,30?,31-,33+/m0/s1. The van der Waals surface area contributed by atoms with Crippen molar-refractivity contribution in [1.82, 2.24) is 26.2 Å². The molecule has 4 fully saturated rings. The molecule has 0 spiro atoms. The number of hydrogen-bond acceptors (Lipinski definition) is 7. The van der Waals surface area contributed by atoms with Crippen LogP contribution in [0.1, 0.15) is 104 Å². The van der Waals surface area contributed by atoms with Crippen molar-refractivity contribution in [1.29, 1.82) is 0 Å². The smallest absolute Gasteiger partial charge is 0.315 e. The lowest BCUT2D eigenvalue weighted by molar-refractivity contribution is -0.144. The van der Waals surface area contributed by atoms with Gasteiger partial charge in [-0.2, -0.15) is 0 Å². The van der Waals surface area contributed by atoms with Gasteiger partial charge in [-0.25, -0.2) is 13.2 Å². The third-order valence-corrected chi connectivity index (χ3v) is 14.4. The predicted octanol–water partition coefficient (Wildman–Crippen LogP) is 4.01. The Hall–Kier alpha value is -3.74. The Morgan fingerprint density at radius 1 is 0.962 bits per heavy atom. The number of amides is 5. The first-order valence-corrected chi connectivity index (χ1v) is 20.8. The van der Waals surface area contributed by atoms with Crippen LogP contribution in [0.5, 0.6) is 0 Å². The van der Waals surface area contributed by atoms with Crippen LogP contribution in [-0.4, -0.2) is 90.1 Å². The van der Waals surface area contributed by atoms with Crippen molar-refractivity contribution < 1.29 is 32.4 Å². The number of nitrogens with zero attached hydrogens (tertiary/aromatic N) is 1. The van der Waals surface area contributed by atoms with Crippen molar-refractivity contribution in [2.24, 2.45) is 23.2 Å². The lowest BCUT2D eigenvalue weighted by atomic mass is 9.83. The first-order valence-electron chi connectivity index (χ1n) is 19.2. The molecule has 53 heavy (non-hydrogen) atoms. The van der Waals surface area contributed by atoms with Crippen LogP contribution in [0.2, 0.25) is 0 Å². The second kappa shape index (κ2) is 15.5. The average molecular weight is 754 g/mol. The largest absolute Gasteiger partial charge is 0.346 e. The average Bonchev–Trinajstić information content (AvgIpc) is 4.00. The zero-order chi connectivity index (χ0) is 38.9. The molecule has 1 aliphatic heterocycles. The van der Waals surface area contributed by atoms with Crippen molar-refractivity contribution in [3.63, 3.8) is 0 Å². The summed E-state index contributed by atoms with van der Waals surface area (Å²) in [7, 11) is -3.58. The van der Waals surface area contributed by atoms with Gasteiger partial charge < -0.3 is 26.2 Å². The van der Waals surface area contributed by atoms with Crippen molar-refractivity contribution in [3.8, 4) is 0 Å². The molecule has 5 amide bonds. The van der Waals surface area contributed by atoms with Crippen LogP contribution in [0.3, 0.4) is 0 Å². The molecule has 0 bridgehead atoms. The highest BCUT2D eigenvalue weighted by atomic mass is 32.2. The number of fused-ring (bicyclic) bond motifs is 1. The second-order valence-electron chi connectivity index (χ2n) is 17.8. The van der Waals surface area contributed by atoms with Crippen molar-refractivity contribution >= 4 is 39.4 Å². The quantitative estimate of drug-likeness (QED) is 0.164. The fourth-order valence-corrected chi connectivity index (χ4v) is 9.75. The van der Waals surface area contributed by atoms with Gasteiger partial charge in [-0.05, 0) is 68.8 Å². The van der Waals surface area contributed by atoms with Gasteiger partial charge in [-0.3, -0.25) is 19.2 Å². The number of ketones is 1. The van der Waals surface area contributed by atoms with Crippen LogP contribution >= 0.6 is 0 Å². The number of sulfone groups is 1. The maximum atomic E-state index is 14.7. The maximum absolute atomic E-state index is 14.7. The summed E-state index contributed by atoms with van der Waals surface area (Å²) >= 11 is 0. The molecule has 3 saturated carbocycles. The lowest BCUT2D eigenvalue weighted by Crippen LogP contribution is -2.64. The molecule has 13 heteroatoms. The summed E-state index contributed by atoms with van der Waals surface area (Å²) in [6.07, 6.45) is 7.14. The minimum Gasteiger partial charge on any atom is -0.346 e. The van der Waals surface area contributed by atoms with Gasteiger partial charge in [0.25, 0.3) is 5.91 Å². The molecule has 12 nitrogen and oxygen atoms in total. The van der Waals surface area contributed by atoms with Crippen LogP contribution in [0.15, 0.2) is 43.0 Å². The Morgan fingerprint density at radius 3 is 2.17 bits per heavy atom. The third-order valence-electron chi connectivity index (χ3n) is 11.6. The monoisotopic (exact) mass is 753 g/mol. The molecule has 0 radical (unpaired) electrons. The van der Waals surface area contributed by atoms with Gasteiger partial charge in [-0.1, -0.05) is 89.3 Å². The minimum absolute atomic E-state index is 0.00636. The van der Waals surface area contributed by atoms with E-state index in [0.717, 1.165) is 37.7 Å². The van der Waals surface area contributed by atoms with Crippen molar-refractivity contribution in [2.75, 3.05) is 18.8 Å². The molecular weight excluding hydrogens is 695 g/mol. The number of carbonyl (C=O) groups is 5. The first-order chi connectivity index (χ1) is 24.8. The normalized spacial score (nSPS) is 24.9. The molecule has 1 aromatic carbocycles. The summed E-state index contributed by atoms with van der Waals surface area (Å²) in [6.45, 7) is 14.5. The minimum atomic E-state index is -3.58. The number of likely N-dealkylation sites (tertiary alicyclic amines) is 1. The van der Waals surface area contributed by atoms with Crippen LogP contribution in [0.25, 0.3) is 0 Å². The molecule has 4 unspecified atom stereocenters. The Kier molecular flexibility index (Phi) is 11.9. The van der Waals surface area contributed by atoms with E-state index < -0.39 is 73.2 Å². The van der Waals surface area contributed by atoms with E-state index in [1.165, 1.54) is 11.0 Å². The van der Waals surface area contributed by atoms with E-state index in [4.69, 9.17) is 0 Å². The van der Waals surface area contributed by atoms with Crippen LogP contribution < -0.4 is 21.3 Å². The Balaban J connectivity index is 1.39. The molecule has 5 rings (SSSR count). The molecular formula is C40H59N5O7S. The molecule has 6 atom stereocenters. The van der Waals surface area contributed by atoms with E-state index in [9.17, 15) is 32.4 Å². The van der Waals surface area contributed by atoms with Crippen LogP contribution in [0, 0.1) is 23.2 Å². The van der Waals surface area contributed by atoms with Gasteiger partial charge in [0, 0.05) is 19.0 Å². The van der Waals surface area contributed by atoms with Gasteiger partial charge in [0.15, 0.2) is 9.84 Å². The van der Waals surface area contributed by atoms with Crippen molar-refractivity contribution in [2.45, 2.75) is 127 Å². The highest BCUT2D eigenvalue weighted by molar-refractivity contribution is 7.92. The Labute approximate surface area is 315 Å². The maximum Gasteiger partial charge on any atom is 0.315 e. The summed E-state index contributed by atoms with van der Waals surface area (Å²) in [5, 5.41) is 11.3. The summed E-state index contributed by atoms with van der Waals surface area (Å²) < 4.78 is 25.8. The van der Waals surface area contributed by atoms with Crippen LogP contribution in [-0.2, 0) is 29.0 Å². The molecule has 1 aromatic rings. The van der Waals surface area contributed by atoms with Crippen molar-refractivity contribution in [3.05, 3.63) is 48.6 Å². The molecule has 1 saturated heterocycles. The molecule has 0 aromatic heterocycles. The third kappa shape index (κ3) is 9.32. The molecule has 4 N–H and O–H groups in total. The number of rotatable bonds is 14. The van der Waals surface area contributed by atoms with Gasteiger partial charge in [0.2, 0.25) is 17.6 Å². The van der Waals surface area contributed by atoms with E-state index in [1.54, 1.807) is 20.8 Å². The van der Waals surface area contributed by atoms with Crippen LogP contribution in [0.4, 0.5) is 4.79 Å². The zero-order valence-electron chi connectivity index (χ0n) is 32.2. The summed E-state index contributed by atoms with van der Waals surface area (Å²) in [4.78, 5) is 70.5. The fraction of sp³-hybridized carbons (Fsp3) is 0.675. The summed E-state index contributed by atoms with van der Waals surface area (Å²) in [5.41, 5.74) is -0.692. The summed E-state index contributed by atoms with van der Waals surface area (Å²) in [6, 6.07) is 6.18. The fourth-order valence-electron chi connectivity index (χ4n) is 8.23. The number of urea groups is 1. The molecule has 3 aliphatic carbocycles. The highest BCUT2D eigenvalue weighted by Gasteiger charge is 2.65. The van der Waals surface area contributed by atoms with E-state index in [0.29, 0.717) is 19.3 Å². The number of piperidine rings is 1. The lowest BCUT2D eigenvalue weighted by Gasteiger charge is -2.41.